The van der Waals surface area contributed by atoms with Crippen LogP contribution in [0, 0.1) is 0 Å². The number of fused-ring (bicyclic) bond motifs is 1. The Labute approximate surface area is 108 Å². The number of hydrogen-bond donors (Lipinski definition) is 2. The summed E-state index contributed by atoms with van der Waals surface area (Å²) in [6.07, 6.45) is 0.123. The molecule has 7 nitrogen and oxygen atoms in total. The number of nitrogens with zero attached hydrogens (tertiary/aromatic N) is 1. The van der Waals surface area contributed by atoms with Gasteiger partial charge in [0.1, 0.15) is 0 Å². The molecule has 0 aliphatic carbocycles. The summed E-state index contributed by atoms with van der Waals surface area (Å²) >= 11 is 0. The lowest BCUT2D eigenvalue weighted by Gasteiger charge is -2.18. The van der Waals surface area contributed by atoms with Crippen LogP contribution in [0.2, 0.25) is 0 Å². The first kappa shape index (κ1) is 11.8. The van der Waals surface area contributed by atoms with E-state index >= 15 is 0 Å². The molecule has 0 saturated carbocycles. The van der Waals surface area contributed by atoms with E-state index in [9.17, 15) is 4.79 Å². The summed E-state index contributed by atoms with van der Waals surface area (Å²) in [7, 11) is 0. The van der Waals surface area contributed by atoms with Gasteiger partial charge in [0.15, 0.2) is 11.5 Å². The van der Waals surface area contributed by atoms with E-state index in [1.165, 1.54) is 0 Å². The second-order valence-electron chi connectivity index (χ2n) is 4.38. The molecule has 0 aromatic heterocycles. The largest absolute Gasteiger partial charge is 0.478 e. The third-order valence-corrected chi connectivity index (χ3v) is 3.21. The van der Waals surface area contributed by atoms with E-state index in [2.05, 4.69) is 5.16 Å². The lowest BCUT2D eigenvalue weighted by atomic mass is 9.94. The van der Waals surface area contributed by atoms with E-state index in [0.717, 1.165) is 5.56 Å². The van der Waals surface area contributed by atoms with Crippen LogP contribution in [-0.2, 0) is 9.63 Å². The Morgan fingerprint density at radius 3 is 2.89 bits per heavy atom. The van der Waals surface area contributed by atoms with Crippen LogP contribution in [0.5, 0.6) is 11.5 Å². The van der Waals surface area contributed by atoms with Gasteiger partial charge >= 0.3 is 5.97 Å². The molecule has 1 aromatic carbocycles. The minimum Gasteiger partial charge on any atom is -0.478 e. The SMILES string of the molecule is NCC1(C(=O)O)CC(c2ccc3c(c2)OCO3)=NO1. The van der Waals surface area contributed by atoms with Crippen molar-refractivity contribution in [3.05, 3.63) is 23.8 Å². The van der Waals surface area contributed by atoms with E-state index in [-0.39, 0.29) is 19.8 Å². The molecule has 0 saturated heterocycles. The summed E-state index contributed by atoms with van der Waals surface area (Å²) < 4.78 is 10.5. The zero-order valence-corrected chi connectivity index (χ0v) is 9.96. The van der Waals surface area contributed by atoms with Crippen molar-refractivity contribution in [1.82, 2.24) is 0 Å². The fourth-order valence-electron chi connectivity index (χ4n) is 2.02. The molecule has 0 radical (unpaired) electrons. The number of benzene rings is 1. The van der Waals surface area contributed by atoms with Crippen LogP contribution in [0.1, 0.15) is 12.0 Å². The molecule has 2 aliphatic heterocycles. The molecular formula is C12H12N2O5. The highest BCUT2D eigenvalue weighted by Gasteiger charge is 2.46. The fourth-order valence-corrected chi connectivity index (χ4v) is 2.02. The van der Waals surface area contributed by atoms with Gasteiger partial charge in [0.2, 0.25) is 6.79 Å². The Bertz CT molecular complexity index is 571. The molecule has 3 N–H and O–H groups in total. The maximum Gasteiger partial charge on any atom is 0.352 e. The van der Waals surface area contributed by atoms with Crippen molar-refractivity contribution in [3.8, 4) is 11.5 Å². The summed E-state index contributed by atoms with van der Waals surface area (Å²) in [5.41, 5.74) is 5.28. The highest BCUT2D eigenvalue weighted by atomic mass is 16.7. The molecule has 3 rings (SSSR count). The van der Waals surface area contributed by atoms with E-state index in [1.54, 1.807) is 18.2 Å². The highest BCUT2D eigenvalue weighted by Crippen LogP contribution is 2.34. The zero-order valence-electron chi connectivity index (χ0n) is 9.96. The summed E-state index contributed by atoms with van der Waals surface area (Å²) in [5, 5.41) is 13.0. The number of carboxylic acid groups (broad SMARTS) is 1. The maximum atomic E-state index is 11.2. The molecule has 0 fully saturated rings. The number of rotatable bonds is 3. The first-order chi connectivity index (χ1) is 9.14. The van der Waals surface area contributed by atoms with Crippen LogP contribution in [0.25, 0.3) is 0 Å². The Morgan fingerprint density at radius 1 is 1.42 bits per heavy atom. The summed E-state index contributed by atoms with van der Waals surface area (Å²) in [6.45, 7) is 0.0452. The smallest absolute Gasteiger partial charge is 0.352 e. The molecule has 19 heavy (non-hydrogen) atoms. The van der Waals surface area contributed by atoms with E-state index < -0.39 is 11.6 Å². The second kappa shape index (κ2) is 4.13. The van der Waals surface area contributed by atoms with Gasteiger partial charge < -0.3 is 25.2 Å². The molecule has 0 amide bonds. The first-order valence-corrected chi connectivity index (χ1v) is 5.73. The number of hydrogen-bond acceptors (Lipinski definition) is 6. The van der Waals surface area contributed by atoms with Gasteiger partial charge in [-0.3, -0.25) is 0 Å². The molecule has 2 heterocycles. The van der Waals surface area contributed by atoms with Gasteiger partial charge in [0.05, 0.1) is 5.71 Å². The van der Waals surface area contributed by atoms with Crippen LogP contribution in [0.15, 0.2) is 23.4 Å². The molecule has 1 aromatic rings. The van der Waals surface area contributed by atoms with Gasteiger partial charge in [-0.2, -0.15) is 0 Å². The monoisotopic (exact) mass is 264 g/mol. The number of carboxylic acids is 1. The van der Waals surface area contributed by atoms with Crippen LogP contribution >= 0.6 is 0 Å². The highest BCUT2D eigenvalue weighted by molar-refractivity contribution is 6.05. The van der Waals surface area contributed by atoms with Gasteiger partial charge in [-0.15, -0.1) is 0 Å². The third-order valence-electron chi connectivity index (χ3n) is 3.21. The average molecular weight is 264 g/mol. The lowest BCUT2D eigenvalue weighted by Crippen LogP contribution is -2.45. The number of ether oxygens (including phenoxy) is 2. The molecule has 1 unspecified atom stereocenters. The molecule has 0 spiro atoms. The van der Waals surface area contributed by atoms with Crippen molar-refractivity contribution in [2.24, 2.45) is 10.9 Å². The van der Waals surface area contributed by atoms with E-state index in [1.807, 2.05) is 0 Å². The Kier molecular flexibility index (Phi) is 2.56. The minimum atomic E-state index is -1.47. The second-order valence-corrected chi connectivity index (χ2v) is 4.38. The van der Waals surface area contributed by atoms with Crippen molar-refractivity contribution in [2.75, 3.05) is 13.3 Å². The minimum absolute atomic E-state index is 0.123. The fraction of sp³-hybridized carbons (Fsp3) is 0.333. The van der Waals surface area contributed by atoms with Gasteiger partial charge in [-0.25, -0.2) is 4.79 Å². The van der Waals surface area contributed by atoms with Crippen molar-refractivity contribution in [3.63, 3.8) is 0 Å². The Balaban J connectivity index is 1.87. The van der Waals surface area contributed by atoms with Crippen LogP contribution in [0.3, 0.4) is 0 Å². The lowest BCUT2D eigenvalue weighted by molar-refractivity contribution is -0.161. The summed E-state index contributed by atoms with van der Waals surface area (Å²) in [5.74, 6) is 0.154. The first-order valence-electron chi connectivity index (χ1n) is 5.73. The third kappa shape index (κ3) is 1.78. The topological polar surface area (TPSA) is 103 Å². The quantitative estimate of drug-likeness (QED) is 0.815. The standard InChI is InChI=1S/C12H12N2O5/c13-5-12(11(15)16)4-8(14-19-12)7-1-2-9-10(3-7)18-6-17-9/h1-3H,4-6,13H2,(H,15,16). The molecular weight excluding hydrogens is 252 g/mol. The number of oxime groups is 1. The normalized spacial score (nSPS) is 23.9. The Morgan fingerprint density at radius 2 is 2.21 bits per heavy atom. The van der Waals surface area contributed by atoms with Crippen molar-refractivity contribution < 1.29 is 24.2 Å². The number of aliphatic carboxylic acids is 1. The maximum absolute atomic E-state index is 11.2. The summed E-state index contributed by atoms with van der Waals surface area (Å²) in [4.78, 5) is 16.2. The van der Waals surface area contributed by atoms with Crippen molar-refractivity contribution >= 4 is 11.7 Å². The predicted molar refractivity (Wildman–Crippen MR) is 64.2 cm³/mol. The molecule has 100 valence electrons. The Hall–Kier alpha value is -2.28. The van der Waals surface area contributed by atoms with Crippen LogP contribution in [0.4, 0.5) is 0 Å². The van der Waals surface area contributed by atoms with Crippen molar-refractivity contribution in [1.29, 1.82) is 0 Å². The van der Waals surface area contributed by atoms with E-state index in [4.69, 9.17) is 25.2 Å². The molecule has 7 heteroatoms. The summed E-state index contributed by atoms with van der Waals surface area (Å²) in [6, 6.07) is 5.28. The number of nitrogens with two attached hydrogens (primary N) is 1. The molecule has 2 aliphatic rings. The average Bonchev–Trinajstić information content (AvgIpc) is 3.05. The van der Waals surface area contributed by atoms with Gasteiger partial charge in [0.25, 0.3) is 5.60 Å². The van der Waals surface area contributed by atoms with Gasteiger partial charge in [-0.05, 0) is 18.2 Å². The van der Waals surface area contributed by atoms with E-state index in [0.29, 0.717) is 17.2 Å². The van der Waals surface area contributed by atoms with Crippen LogP contribution in [-0.4, -0.2) is 35.7 Å². The number of carbonyl (C=O) groups is 1. The molecule has 0 bridgehead atoms. The van der Waals surface area contributed by atoms with Gasteiger partial charge in [-0.1, -0.05) is 5.16 Å². The van der Waals surface area contributed by atoms with Crippen LogP contribution < -0.4 is 15.2 Å². The van der Waals surface area contributed by atoms with Crippen molar-refractivity contribution in [2.45, 2.75) is 12.0 Å². The predicted octanol–water partition coefficient (Wildman–Crippen LogP) is 0.322. The molecule has 1 atom stereocenters. The zero-order chi connectivity index (χ0) is 13.5. The van der Waals surface area contributed by atoms with Gasteiger partial charge in [0, 0.05) is 18.5 Å².